The highest BCUT2D eigenvalue weighted by Gasteiger charge is 2.32. The quantitative estimate of drug-likeness (QED) is 0.686. The first-order valence-corrected chi connectivity index (χ1v) is 11.0. The maximum Gasteiger partial charge on any atom is 0.267 e. The van der Waals surface area contributed by atoms with E-state index in [9.17, 15) is 9.59 Å². The molecule has 0 unspecified atom stereocenters. The lowest BCUT2D eigenvalue weighted by molar-refractivity contribution is -0.123. The van der Waals surface area contributed by atoms with Gasteiger partial charge in [0, 0.05) is 31.1 Å². The van der Waals surface area contributed by atoms with Crippen LogP contribution >= 0.6 is 0 Å². The van der Waals surface area contributed by atoms with Gasteiger partial charge < -0.3 is 19.5 Å². The summed E-state index contributed by atoms with van der Waals surface area (Å²) >= 11 is 0. The average Bonchev–Trinajstić information content (AvgIpc) is 3.06. The Hall–Kier alpha value is -3.68. The van der Waals surface area contributed by atoms with Crippen LogP contribution in [0.2, 0.25) is 0 Å². The summed E-state index contributed by atoms with van der Waals surface area (Å²) in [5.74, 6) is 1.93. The Morgan fingerprint density at radius 1 is 1.06 bits per heavy atom. The number of amides is 2. The van der Waals surface area contributed by atoms with Crippen molar-refractivity contribution in [3.8, 4) is 17.1 Å². The minimum atomic E-state index is -0.804. The second kappa shape index (κ2) is 8.45. The summed E-state index contributed by atoms with van der Waals surface area (Å²) in [6.07, 6.45) is 3.58. The molecule has 5 rings (SSSR count). The first-order chi connectivity index (χ1) is 15.6. The van der Waals surface area contributed by atoms with Crippen LogP contribution in [0, 0.1) is 0 Å². The molecule has 0 bridgehead atoms. The second-order valence-corrected chi connectivity index (χ2v) is 8.18. The standard InChI is InChI=1S/C24H25N5O3/c1-16(30)29-15-21(32-20-11-5-4-10-19(20)29)24(31)25-18-9-7-8-17(14-18)23-27-26-22-12-3-2-6-13-28(22)23/h4-5,7-11,14,21H,2-3,6,12-13,15H2,1H3,(H,25,31)/t21-/m1/s1. The molecule has 0 saturated carbocycles. The summed E-state index contributed by atoms with van der Waals surface area (Å²) in [6, 6.07) is 14.8. The van der Waals surface area contributed by atoms with E-state index in [-0.39, 0.29) is 18.4 Å². The molecule has 32 heavy (non-hydrogen) atoms. The largest absolute Gasteiger partial charge is 0.476 e. The molecule has 8 heteroatoms. The molecule has 1 aromatic heterocycles. The number of hydrogen-bond acceptors (Lipinski definition) is 5. The number of ether oxygens (including phenoxy) is 1. The number of carbonyl (C=O) groups is 2. The van der Waals surface area contributed by atoms with Crippen molar-refractivity contribution in [1.29, 1.82) is 0 Å². The monoisotopic (exact) mass is 431 g/mol. The SMILES string of the molecule is CC(=O)N1C[C@H](C(=O)Nc2cccc(-c3nnc4n3CCCCC4)c2)Oc2ccccc21. The Morgan fingerprint density at radius 3 is 2.81 bits per heavy atom. The number of anilines is 2. The highest BCUT2D eigenvalue weighted by atomic mass is 16.5. The molecule has 3 heterocycles. The van der Waals surface area contributed by atoms with E-state index in [2.05, 4.69) is 20.1 Å². The number of nitrogens with one attached hydrogen (secondary N) is 1. The first-order valence-electron chi connectivity index (χ1n) is 11.0. The topological polar surface area (TPSA) is 89.4 Å². The summed E-state index contributed by atoms with van der Waals surface area (Å²) in [4.78, 5) is 26.7. The molecule has 2 aromatic carbocycles. The fourth-order valence-electron chi connectivity index (χ4n) is 4.33. The lowest BCUT2D eigenvalue weighted by Crippen LogP contribution is -2.48. The molecule has 8 nitrogen and oxygen atoms in total. The second-order valence-electron chi connectivity index (χ2n) is 8.18. The summed E-state index contributed by atoms with van der Waals surface area (Å²) in [5.41, 5.74) is 2.23. The van der Waals surface area contributed by atoms with Crippen molar-refractivity contribution in [2.24, 2.45) is 0 Å². The zero-order chi connectivity index (χ0) is 22.1. The molecule has 164 valence electrons. The zero-order valence-electron chi connectivity index (χ0n) is 18.0. The molecule has 1 atom stereocenters. The highest BCUT2D eigenvalue weighted by Crippen LogP contribution is 2.33. The number of hydrogen-bond donors (Lipinski definition) is 1. The van der Waals surface area contributed by atoms with Crippen LogP contribution in [-0.2, 0) is 22.6 Å². The third kappa shape index (κ3) is 3.84. The van der Waals surface area contributed by atoms with Crippen molar-refractivity contribution >= 4 is 23.2 Å². The van der Waals surface area contributed by atoms with Crippen molar-refractivity contribution in [2.75, 3.05) is 16.8 Å². The molecule has 2 aliphatic rings. The maximum atomic E-state index is 13.0. The van der Waals surface area contributed by atoms with E-state index in [4.69, 9.17) is 4.74 Å². The Labute approximate surface area is 186 Å². The smallest absolute Gasteiger partial charge is 0.267 e. The van der Waals surface area contributed by atoms with Gasteiger partial charge in [0.1, 0.15) is 11.6 Å². The molecule has 2 amide bonds. The lowest BCUT2D eigenvalue weighted by atomic mass is 10.1. The molecule has 0 spiro atoms. The van der Waals surface area contributed by atoms with Gasteiger partial charge in [-0.15, -0.1) is 10.2 Å². The number of rotatable bonds is 3. The van der Waals surface area contributed by atoms with E-state index in [0.29, 0.717) is 17.1 Å². The normalized spacial score (nSPS) is 17.5. The molecule has 3 aromatic rings. The van der Waals surface area contributed by atoms with Gasteiger partial charge in [-0.1, -0.05) is 30.7 Å². The van der Waals surface area contributed by atoms with Crippen molar-refractivity contribution in [3.63, 3.8) is 0 Å². The zero-order valence-corrected chi connectivity index (χ0v) is 18.0. The highest BCUT2D eigenvalue weighted by molar-refractivity contribution is 5.99. The Morgan fingerprint density at radius 2 is 1.94 bits per heavy atom. The van der Waals surface area contributed by atoms with Gasteiger partial charge in [-0.25, -0.2) is 0 Å². The van der Waals surface area contributed by atoms with Crippen LogP contribution in [0.15, 0.2) is 48.5 Å². The Balaban J connectivity index is 1.36. The van der Waals surface area contributed by atoms with E-state index < -0.39 is 6.10 Å². The maximum absolute atomic E-state index is 13.0. The average molecular weight is 431 g/mol. The third-order valence-electron chi connectivity index (χ3n) is 5.94. The van der Waals surface area contributed by atoms with E-state index in [1.165, 1.54) is 13.3 Å². The van der Waals surface area contributed by atoms with Gasteiger partial charge >= 0.3 is 0 Å². The van der Waals surface area contributed by atoms with E-state index in [1.807, 2.05) is 42.5 Å². The van der Waals surface area contributed by atoms with Crippen molar-refractivity contribution in [3.05, 3.63) is 54.4 Å². The van der Waals surface area contributed by atoms with Crippen LogP contribution in [0.5, 0.6) is 5.75 Å². The fraction of sp³-hybridized carbons (Fsp3) is 0.333. The van der Waals surface area contributed by atoms with Gasteiger partial charge in [0.05, 0.1) is 12.2 Å². The predicted molar refractivity (Wildman–Crippen MR) is 121 cm³/mol. The number of carbonyl (C=O) groups excluding carboxylic acids is 2. The number of para-hydroxylation sites is 2. The summed E-state index contributed by atoms with van der Waals surface area (Å²) < 4.78 is 8.09. The van der Waals surface area contributed by atoms with Gasteiger partial charge in [0.15, 0.2) is 11.9 Å². The van der Waals surface area contributed by atoms with Crippen molar-refractivity contribution < 1.29 is 14.3 Å². The Kier molecular flexibility index (Phi) is 5.34. The minimum absolute atomic E-state index is 0.131. The van der Waals surface area contributed by atoms with Crippen molar-refractivity contribution in [1.82, 2.24) is 14.8 Å². The predicted octanol–water partition coefficient (Wildman–Crippen LogP) is 3.42. The summed E-state index contributed by atoms with van der Waals surface area (Å²) in [5, 5.41) is 11.7. The number of fused-ring (bicyclic) bond motifs is 2. The van der Waals surface area contributed by atoms with E-state index in [0.717, 1.165) is 43.0 Å². The number of benzene rings is 2. The molecule has 0 aliphatic carbocycles. The van der Waals surface area contributed by atoms with Crippen LogP contribution < -0.4 is 15.0 Å². The number of aromatic nitrogens is 3. The summed E-state index contributed by atoms with van der Waals surface area (Å²) in [6.45, 7) is 2.56. The van der Waals surface area contributed by atoms with E-state index >= 15 is 0 Å². The van der Waals surface area contributed by atoms with E-state index in [1.54, 1.807) is 11.0 Å². The van der Waals surface area contributed by atoms with Crippen LogP contribution in [0.3, 0.4) is 0 Å². The fourth-order valence-corrected chi connectivity index (χ4v) is 4.33. The first kappa shape index (κ1) is 20.2. The third-order valence-corrected chi connectivity index (χ3v) is 5.94. The molecular weight excluding hydrogens is 406 g/mol. The molecule has 0 saturated heterocycles. The van der Waals surface area contributed by atoms with Gasteiger partial charge in [-0.3, -0.25) is 9.59 Å². The van der Waals surface area contributed by atoms with Crippen LogP contribution in [0.25, 0.3) is 11.4 Å². The number of aryl methyl sites for hydroxylation is 1. The molecule has 0 fully saturated rings. The number of nitrogens with zero attached hydrogens (tertiary/aromatic N) is 4. The molecular formula is C24H25N5O3. The van der Waals surface area contributed by atoms with Gasteiger partial charge in [0.2, 0.25) is 5.91 Å². The van der Waals surface area contributed by atoms with Crippen LogP contribution in [0.1, 0.15) is 32.0 Å². The van der Waals surface area contributed by atoms with Crippen LogP contribution in [0.4, 0.5) is 11.4 Å². The molecule has 2 aliphatic heterocycles. The lowest BCUT2D eigenvalue weighted by Gasteiger charge is -2.33. The summed E-state index contributed by atoms with van der Waals surface area (Å²) in [7, 11) is 0. The van der Waals surface area contributed by atoms with Gasteiger partial charge in [-0.05, 0) is 37.1 Å². The van der Waals surface area contributed by atoms with Gasteiger partial charge in [-0.2, -0.15) is 0 Å². The Bertz CT molecular complexity index is 1170. The minimum Gasteiger partial charge on any atom is -0.476 e. The van der Waals surface area contributed by atoms with Gasteiger partial charge in [0.25, 0.3) is 5.91 Å². The molecule has 0 radical (unpaired) electrons. The van der Waals surface area contributed by atoms with Crippen LogP contribution in [-0.4, -0.2) is 39.2 Å². The van der Waals surface area contributed by atoms with Crippen molar-refractivity contribution in [2.45, 2.75) is 45.3 Å². The molecule has 1 N–H and O–H groups in total.